The second-order valence-corrected chi connectivity index (χ2v) is 9.52. The van der Waals surface area contributed by atoms with Gasteiger partial charge in [0.2, 0.25) is 5.95 Å². The molecule has 0 aliphatic carbocycles. The topological polar surface area (TPSA) is 116 Å². The highest BCUT2D eigenvalue weighted by Gasteiger charge is 2.42. The Morgan fingerprint density at radius 2 is 1.74 bits per heavy atom. The Balaban J connectivity index is 1.25. The summed E-state index contributed by atoms with van der Waals surface area (Å²) in [5.74, 6) is 1.97. The molecule has 2 bridgehead atoms. The van der Waals surface area contributed by atoms with Crippen molar-refractivity contribution in [2.75, 3.05) is 41.7 Å². The minimum atomic E-state index is 0.184. The van der Waals surface area contributed by atoms with Crippen LogP contribution < -0.4 is 20.9 Å². The van der Waals surface area contributed by atoms with E-state index in [1.54, 1.807) is 12.1 Å². The van der Waals surface area contributed by atoms with Crippen LogP contribution in [0.3, 0.4) is 0 Å². The molecule has 2 atom stereocenters. The Bertz CT molecular complexity index is 1170. The lowest BCUT2D eigenvalue weighted by atomic mass is 9.94. The quantitative estimate of drug-likeness (QED) is 0.542. The molecule has 3 aromatic rings. The third kappa shape index (κ3) is 3.79. The molecule has 3 aliphatic heterocycles. The molecule has 9 nitrogen and oxygen atoms in total. The number of aromatic nitrogens is 4. The van der Waals surface area contributed by atoms with Gasteiger partial charge in [0.1, 0.15) is 5.75 Å². The molecule has 9 heteroatoms. The number of rotatable bonds is 4. The summed E-state index contributed by atoms with van der Waals surface area (Å²) in [6.45, 7) is 3.76. The maximum absolute atomic E-state index is 10.3. The number of anilines is 3. The van der Waals surface area contributed by atoms with Gasteiger partial charge < -0.3 is 26.0 Å². The zero-order chi connectivity index (χ0) is 23.1. The fourth-order valence-corrected chi connectivity index (χ4v) is 5.72. The number of phenols is 1. The molecule has 0 spiro atoms. The van der Waals surface area contributed by atoms with Crippen LogP contribution in [-0.4, -0.2) is 63.5 Å². The molecule has 6 rings (SSSR count). The Labute approximate surface area is 199 Å². The van der Waals surface area contributed by atoms with E-state index in [0.29, 0.717) is 35.1 Å². The van der Waals surface area contributed by atoms with Gasteiger partial charge in [0.15, 0.2) is 5.82 Å². The molecule has 0 amide bonds. The van der Waals surface area contributed by atoms with E-state index in [1.807, 2.05) is 24.4 Å². The minimum Gasteiger partial charge on any atom is -0.507 e. The Morgan fingerprint density at radius 3 is 2.50 bits per heavy atom. The minimum absolute atomic E-state index is 0.184. The normalized spacial score (nSPS) is 22.8. The van der Waals surface area contributed by atoms with Crippen LogP contribution in [0.2, 0.25) is 0 Å². The van der Waals surface area contributed by atoms with Crippen LogP contribution in [-0.2, 0) is 0 Å². The first-order valence-electron chi connectivity index (χ1n) is 12.2. The molecule has 1 aromatic carbocycles. The van der Waals surface area contributed by atoms with Crippen LogP contribution in [0, 0.1) is 0 Å². The lowest BCUT2D eigenvalue weighted by Gasteiger charge is -2.42. The summed E-state index contributed by atoms with van der Waals surface area (Å²) in [6.07, 6.45) is 6.39. The monoisotopic (exact) mass is 458 g/mol. The van der Waals surface area contributed by atoms with Gasteiger partial charge in [-0.2, -0.15) is 0 Å². The molecule has 0 saturated carbocycles. The van der Waals surface area contributed by atoms with E-state index in [2.05, 4.69) is 36.4 Å². The van der Waals surface area contributed by atoms with E-state index in [4.69, 9.17) is 10.7 Å². The van der Waals surface area contributed by atoms with E-state index in [-0.39, 0.29) is 5.75 Å². The van der Waals surface area contributed by atoms with Crippen LogP contribution in [0.1, 0.15) is 37.3 Å². The lowest BCUT2D eigenvalue weighted by molar-refractivity contribution is 0.451. The van der Waals surface area contributed by atoms with Crippen molar-refractivity contribution in [2.45, 2.75) is 43.7 Å². The van der Waals surface area contributed by atoms with E-state index in [9.17, 15) is 5.11 Å². The van der Waals surface area contributed by atoms with Gasteiger partial charge in [-0.05, 0) is 63.0 Å². The average Bonchev–Trinajstić information content (AvgIpc) is 3.14. The first kappa shape index (κ1) is 21.1. The fourth-order valence-electron chi connectivity index (χ4n) is 5.72. The van der Waals surface area contributed by atoms with Gasteiger partial charge in [-0.25, -0.2) is 9.97 Å². The number of nitrogens with one attached hydrogen (secondary N) is 1. The average molecular weight is 459 g/mol. The smallest absolute Gasteiger partial charge is 0.226 e. The largest absolute Gasteiger partial charge is 0.507 e. The summed E-state index contributed by atoms with van der Waals surface area (Å²) in [7, 11) is 0. The number of phenolic OH excluding ortho intramolecular Hbond substituents is 1. The number of aromatic hydroxyl groups is 1. The number of piperidine rings is 1. The van der Waals surface area contributed by atoms with Gasteiger partial charge >= 0.3 is 0 Å². The number of nitrogen functional groups attached to an aromatic ring is 1. The molecular formula is C25H30N8O. The molecule has 176 valence electrons. The van der Waals surface area contributed by atoms with Gasteiger partial charge in [-0.15, -0.1) is 10.2 Å². The summed E-state index contributed by atoms with van der Waals surface area (Å²) in [5.41, 5.74) is 9.59. The van der Waals surface area contributed by atoms with E-state index < -0.39 is 0 Å². The van der Waals surface area contributed by atoms with Crippen molar-refractivity contribution >= 4 is 17.5 Å². The summed E-state index contributed by atoms with van der Waals surface area (Å²) in [4.78, 5) is 14.5. The van der Waals surface area contributed by atoms with E-state index in [1.165, 1.54) is 5.69 Å². The molecule has 2 aromatic heterocycles. The van der Waals surface area contributed by atoms with Crippen molar-refractivity contribution in [1.82, 2.24) is 25.5 Å². The predicted molar refractivity (Wildman–Crippen MR) is 132 cm³/mol. The second-order valence-electron chi connectivity index (χ2n) is 9.52. The standard InChI is InChI=1S/C25H30N8O/c26-24-22(13-21(30-31-24)19-3-1-2-4-23(19)34)32-14-17-5-6-18(15-32)33(17)25-28-12-9-20(29-25)16-7-10-27-11-8-16/h1-4,9,12-13,16-18,27,34H,5-8,10-11,14-15H2,(H2,26,31)/t17-,18+. The number of nitrogens with zero attached hydrogens (tertiary/aromatic N) is 6. The van der Waals surface area contributed by atoms with Crippen molar-refractivity contribution in [2.24, 2.45) is 0 Å². The highest BCUT2D eigenvalue weighted by atomic mass is 16.3. The van der Waals surface area contributed by atoms with Crippen molar-refractivity contribution < 1.29 is 5.11 Å². The van der Waals surface area contributed by atoms with Crippen molar-refractivity contribution in [3.63, 3.8) is 0 Å². The molecule has 3 saturated heterocycles. The van der Waals surface area contributed by atoms with Gasteiger partial charge in [0, 0.05) is 48.5 Å². The fraction of sp³-hybridized carbons (Fsp3) is 0.440. The number of para-hydroxylation sites is 1. The number of hydrogen-bond donors (Lipinski definition) is 3. The zero-order valence-electron chi connectivity index (χ0n) is 19.1. The molecule has 0 radical (unpaired) electrons. The molecule has 34 heavy (non-hydrogen) atoms. The molecule has 3 fully saturated rings. The van der Waals surface area contributed by atoms with E-state index >= 15 is 0 Å². The SMILES string of the molecule is Nc1nnc(-c2ccccc2O)cc1N1C[C@H]2CC[C@@H](C1)N2c1nccc(C2CCNCC2)n1. The maximum atomic E-state index is 10.3. The predicted octanol–water partition coefficient (Wildman–Crippen LogP) is 2.55. The molecule has 0 unspecified atom stereocenters. The number of piperazine rings is 1. The molecular weight excluding hydrogens is 428 g/mol. The Hall–Kier alpha value is -3.46. The summed E-state index contributed by atoms with van der Waals surface area (Å²) in [5, 5.41) is 22.2. The van der Waals surface area contributed by atoms with Crippen LogP contribution in [0.25, 0.3) is 11.3 Å². The summed E-state index contributed by atoms with van der Waals surface area (Å²) >= 11 is 0. The molecule has 4 N–H and O–H groups in total. The van der Waals surface area contributed by atoms with Crippen LogP contribution >= 0.6 is 0 Å². The van der Waals surface area contributed by atoms with Crippen molar-refractivity contribution in [3.05, 3.63) is 48.3 Å². The highest BCUT2D eigenvalue weighted by Crippen LogP contribution is 2.38. The first-order valence-corrected chi connectivity index (χ1v) is 12.2. The molecule has 3 aliphatic rings. The zero-order valence-corrected chi connectivity index (χ0v) is 19.1. The van der Waals surface area contributed by atoms with Crippen LogP contribution in [0.5, 0.6) is 5.75 Å². The van der Waals surface area contributed by atoms with Gasteiger partial charge in [-0.3, -0.25) is 0 Å². The highest BCUT2D eigenvalue weighted by molar-refractivity contribution is 5.74. The summed E-state index contributed by atoms with van der Waals surface area (Å²) < 4.78 is 0. The number of nitrogens with two attached hydrogens (primary N) is 1. The van der Waals surface area contributed by atoms with Gasteiger partial charge in [0.05, 0.1) is 11.4 Å². The summed E-state index contributed by atoms with van der Waals surface area (Å²) in [6, 6.07) is 11.8. The number of fused-ring (bicyclic) bond motifs is 2. The van der Waals surface area contributed by atoms with Crippen LogP contribution in [0.4, 0.5) is 17.5 Å². The van der Waals surface area contributed by atoms with Gasteiger partial charge in [0.25, 0.3) is 0 Å². The third-order valence-corrected chi connectivity index (χ3v) is 7.46. The van der Waals surface area contributed by atoms with Crippen LogP contribution in [0.15, 0.2) is 42.6 Å². The second kappa shape index (κ2) is 8.72. The van der Waals surface area contributed by atoms with Crippen molar-refractivity contribution in [3.8, 4) is 17.0 Å². The molecule has 5 heterocycles. The Kier molecular flexibility index (Phi) is 5.41. The van der Waals surface area contributed by atoms with Crippen molar-refractivity contribution in [1.29, 1.82) is 0 Å². The lowest BCUT2D eigenvalue weighted by Crippen LogP contribution is -2.54. The Morgan fingerprint density at radius 1 is 0.971 bits per heavy atom. The number of hydrogen-bond acceptors (Lipinski definition) is 9. The first-order chi connectivity index (χ1) is 16.7. The van der Waals surface area contributed by atoms with Gasteiger partial charge in [-0.1, -0.05) is 12.1 Å². The maximum Gasteiger partial charge on any atom is 0.226 e. The third-order valence-electron chi connectivity index (χ3n) is 7.46. The van der Waals surface area contributed by atoms with E-state index in [0.717, 1.165) is 63.5 Å². The number of benzene rings is 1.